The zero-order chi connectivity index (χ0) is 26.8. The van der Waals surface area contributed by atoms with Gasteiger partial charge in [-0.2, -0.15) is 0 Å². The number of hydrogen-bond acceptors (Lipinski definition) is 8. The molecule has 0 bridgehead atoms. The summed E-state index contributed by atoms with van der Waals surface area (Å²) in [7, 11) is 0. The number of rotatable bonds is 13. The van der Waals surface area contributed by atoms with Crippen molar-refractivity contribution in [3.05, 3.63) is 53.6 Å². The molecule has 1 aromatic carbocycles. The first kappa shape index (κ1) is 27.8. The smallest absolute Gasteiger partial charge is 0.406 e. The second-order valence-electron chi connectivity index (χ2n) is 8.91. The highest BCUT2D eigenvalue weighted by Gasteiger charge is 2.31. The molecule has 0 saturated carbocycles. The summed E-state index contributed by atoms with van der Waals surface area (Å²) in [5, 5.41) is 15.2. The van der Waals surface area contributed by atoms with E-state index in [0.717, 1.165) is 25.1 Å². The summed E-state index contributed by atoms with van der Waals surface area (Å²) in [4.78, 5) is 24.1. The summed E-state index contributed by atoms with van der Waals surface area (Å²) >= 11 is 0. The lowest BCUT2D eigenvalue weighted by atomic mass is 10.1. The van der Waals surface area contributed by atoms with Crippen LogP contribution in [0, 0.1) is 5.92 Å². The van der Waals surface area contributed by atoms with Crippen molar-refractivity contribution in [2.75, 3.05) is 13.1 Å². The first-order chi connectivity index (χ1) is 17.6. The number of benzene rings is 1. The molecule has 0 unspecified atom stereocenters. The molecule has 0 atom stereocenters. The van der Waals surface area contributed by atoms with E-state index in [0.29, 0.717) is 31.0 Å². The number of hydrogen-bond donors (Lipinski definition) is 4. The lowest BCUT2D eigenvalue weighted by Crippen LogP contribution is -2.38. The highest BCUT2D eigenvalue weighted by atomic mass is 19.4. The molecule has 0 fully saturated rings. The second-order valence-corrected chi connectivity index (χ2v) is 8.91. The Hall–Kier alpha value is -3.81. The van der Waals surface area contributed by atoms with Crippen LogP contribution in [0.1, 0.15) is 49.2 Å². The van der Waals surface area contributed by atoms with Gasteiger partial charge in [-0.1, -0.05) is 31.2 Å². The van der Waals surface area contributed by atoms with Crippen molar-refractivity contribution in [3.8, 4) is 5.75 Å². The van der Waals surface area contributed by atoms with Crippen LogP contribution in [-0.2, 0) is 17.9 Å². The number of carbonyl (C=O) groups is 2. The fourth-order valence-corrected chi connectivity index (χ4v) is 3.44. The maximum Gasteiger partial charge on any atom is 0.573 e. The van der Waals surface area contributed by atoms with Crippen molar-refractivity contribution in [1.29, 1.82) is 0 Å². The maximum atomic E-state index is 12.4. The molecule has 1 aliphatic heterocycles. The average molecular weight is 525 g/mol. The third kappa shape index (κ3) is 9.99. The number of nitrogens with zero attached hydrogens (tertiary/aromatic N) is 4. The van der Waals surface area contributed by atoms with Crippen molar-refractivity contribution < 1.29 is 27.5 Å². The van der Waals surface area contributed by atoms with Crippen molar-refractivity contribution in [3.63, 3.8) is 0 Å². The summed E-state index contributed by atoms with van der Waals surface area (Å²) in [6.45, 7) is 5.69. The lowest BCUT2D eigenvalue weighted by molar-refractivity contribution is -0.274. The normalized spacial score (nSPS) is 13.4. The van der Waals surface area contributed by atoms with Gasteiger partial charge in [0.25, 0.3) is 5.91 Å². The largest absolute Gasteiger partial charge is 0.573 e. The van der Waals surface area contributed by atoms with Gasteiger partial charge < -0.3 is 20.8 Å². The van der Waals surface area contributed by atoms with Gasteiger partial charge in [0.05, 0.1) is 18.4 Å². The fraction of sp³-hybridized carbons (Fsp3) is 0.478. The Bertz CT molecular complexity index is 1090. The van der Waals surface area contributed by atoms with Gasteiger partial charge in [0.1, 0.15) is 5.75 Å². The van der Waals surface area contributed by atoms with Crippen molar-refractivity contribution in [2.24, 2.45) is 5.92 Å². The number of amides is 2. The number of unbranched alkanes of at least 4 members (excludes halogenated alkanes) is 1. The third-order valence-electron chi connectivity index (χ3n) is 5.13. The topological polar surface area (TPSA) is 125 Å². The standard InChI is InChI=1S/C23H31F3N8O3/c1-16(2)10-21(35)27-13-18-14-33(31-29-18)8-3-4-9-34-15-20(30-32-34)22(36)28-12-17-6-5-7-19(11-17)37-23(24,25)26/h5-7,11,14-16,29,31H,3-4,8-10,12-13H2,1-2H3,(H,27,35)(H,28,36). The third-order valence-corrected chi connectivity index (χ3v) is 5.13. The SMILES string of the molecule is CC(C)CC(=O)NCC1=CN(CCCCn2cc(C(=O)NCc3cccc(OC(F)(F)F)c3)nn2)NN1. The first-order valence-corrected chi connectivity index (χ1v) is 11.9. The predicted molar refractivity (Wildman–Crippen MR) is 127 cm³/mol. The Labute approximate surface area is 212 Å². The van der Waals surface area contributed by atoms with E-state index in [-0.39, 0.29) is 23.9 Å². The molecule has 0 spiro atoms. The zero-order valence-electron chi connectivity index (χ0n) is 20.6. The Balaban J connectivity index is 1.35. The molecule has 1 aromatic heterocycles. The number of hydrazine groups is 2. The van der Waals surface area contributed by atoms with Crippen LogP contribution in [0.4, 0.5) is 13.2 Å². The van der Waals surface area contributed by atoms with Gasteiger partial charge in [-0.25, -0.2) is 0 Å². The Morgan fingerprint density at radius 1 is 1.14 bits per heavy atom. The van der Waals surface area contributed by atoms with Crippen molar-refractivity contribution in [2.45, 2.75) is 52.6 Å². The Morgan fingerprint density at radius 3 is 2.68 bits per heavy atom. The van der Waals surface area contributed by atoms with Crippen LogP contribution in [0.25, 0.3) is 0 Å². The highest BCUT2D eigenvalue weighted by Crippen LogP contribution is 2.23. The van der Waals surface area contributed by atoms with Crippen LogP contribution in [0.15, 0.2) is 42.4 Å². The molecule has 3 rings (SSSR count). The average Bonchev–Trinajstić information content (AvgIpc) is 3.47. The van der Waals surface area contributed by atoms with E-state index < -0.39 is 12.3 Å². The van der Waals surface area contributed by atoms with Gasteiger partial charge in [0.15, 0.2) is 5.69 Å². The van der Waals surface area contributed by atoms with Crippen LogP contribution < -0.4 is 26.3 Å². The Morgan fingerprint density at radius 2 is 1.92 bits per heavy atom. The van der Waals surface area contributed by atoms with Crippen LogP contribution in [-0.4, -0.2) is 51.3 Å². The van der Waals surface area contributed by atoms with Gasteiger partial charge >= 0.3 is 6.36 Å². The van der Waals surface area contributed by atoms with E-state index in [1.165, 1.54) is 24.4 Å². The number of nitrogens with one attached hydrogen (secondary N) is 4. The van der Waals surface area contributed by atoms with E-state index in [4.69, 9.17) is 0 Å². The number of aryl methyl sites for hydroxylation is 1. The summed E-state index contributed by atoms with van der Waals surface area (Å²) in [5.74, 6) is -0.519. The quantitative estimate of drug-likeness (QED) is 0.294. The number of alkyl halides is 3. The van der Waals surface area contributed by atoms with Gasteiger partial charge in [0, 0.05) is 32.3 Å². The van der Waals surface area contributed by atoms with E-state index in [1.807, 2.05) is 25.1 Å². The molecule has 14 heteroatoms. The molecular formula is C23H31F3N8O3. The fourth-order valence-electron chi connectivity index (χ4n) is 3.44. The number of ether oxygens (including phenoxy) is 1. The van der Waals surface area contributed by atoms with Gasteiger partial charge in [-0.15, -0.1) is 23.8 Å². The molecule has 0 saturated heterocycles. The van der Waals surface area contributed by atoms with Gasteiger partial charge in [-0.3, -0.25) is 19.3 Å². The van der Waals surface area contributed by atoms with Crippen molar-refractivity contribution >= 4 is 11.8 Å². The van der Waals surface area contributed by atoms with E-state index in [1.54, 1.807) is 10.7 Å². The lowest BCUT2D eigenvalue weighted by Gasteiger charge is -2.14. The van der Waals surface area contributed by atoms with E-state index in [2.05, 4.69) is 36.6 Å². The maximum absolute atomic E-state index is 12.4. The number of halogens is 3. The summed E-state index contributed by atoms with van der Waals surface area (Å²) in [5.41, 5.74) is 7.46. The minimum absolute atomic E-state index is 0.00847. The molecule has 37 heavy (non-hydrogen) atoms. The van der Waals surface area contributed by atoms with E-state index in [9.17, 15) is 22.8 Å². The minimum atomic E-state index is -4.78. The Kier molecular flexibility index (Phi) is 9.71. The molecule has 2 amide bonds. The zero-order valence-corrected chi connectivity index (χ0v) is 20.6. The summed E-state index contributed by atoms with van der Waals surface area (Å²) < 4.78 is 42.6. The number of aromatic nitrogens is 3. The molecule has 1 aliphatic rings. The molecular weight excluding hydrogens is 493 g/mol. The predicted octanol–water partition coefficient (Wildman–Crippen LogP) is 2.22. The van der Waals surface area contributed by atoms with Crippen LogP contribution >= 0.6 is 0 Å². The molecule has 2 heterocycles. The number of carbonyl (C=O) groups excluding carboxylic acids is 2. The monoisotopic (exact) mass is 524 g/mol. The molecule has 11 nitrogen and oxygen atoms in total. The van der Waals surface area contributed by atoms with Crippen LogP contribution in [0.2, 0.25) is 0 Å². The molecule has 2 aromatic rings. The molecule has 202 valence electrons. The van der Waals surface area contributed by atoms with Crippen LogP contribution in [0.3, 0.4) is 0 Å². The molecule has 0 radical (unpaired) electrons. The van der Waals surface area contributed by atoms with Crippen LogP contribution in [0.5, 0.6) is 5.75 Å². The van der Waals surface area contributed by atoms with Crippen molar-refractivity contribution in [1.82, 2.24) is 41.6 Å². The first-order valence-electron chi connectivity index (χ1n) is 11.9. The summed E-state index contributed by atoms with van der Waals surface area (Å²) in [6, 6.07) is 5.38. The van der Waals surface area contributed by atoms with E-state index >= 15 is 0 Å². The van der Waals surface area contributed by atoms with Gasteiger partial charge in [0.2, 0.25) is 5.91 Å². The highest BCUT2D eigenvalue weighted by molar-refractivity contribution is 5.91. The molecule has 4 N–H and O–H groups in total. The van der Waals surface area contributed by atoms with Gasteiger partial charge in [-0.05, 0) is 36.5 Å². The minimum Gasteiger partial charge on any atom is -0.406 e. The molecule has 0 aliphatic carbocycles. The second kappa shape index (κ2) is 12.9. The summed E-state index contributed by atoms with van der Waals surface area (Å²) in [6.07, 6.45) is 0.738.